The molecule has 0 spiro atoms. The van der Waals surface area contributed by atoms with E-state index < -0.39 is 34.3 Å². The molecule has 0 bridgehead atoms. The van der Waals surface area contributed by atoms with Crippen LogP contribution >= 0.6 is 0 Å². The smallest absolute Gasteiger partial charge is 0.264 e. The fourth-order valence-corrected chi connectivity index (χ4v) is 6.49. The van der Waals surface area contributed by atoms with Crippen LogP contribution in [0, 0.1) is 19.7 Å². The summed E-state index contributed by atoms with van der Waals surface area (Å²) in [5.74, 6) is -1.25. The summed E-state index contributed by atoms with van der Waals surface area (Å²) in [6.07, 6.45) is 5.00. The lowest BCUT2D eigenvalue weighted by Gasteiger charge is -2.33. The van der Waals surface area contributed by atoms with Gasteiger partial charge in [0.15, 0.2) is 0 Å². The van der Waals surface area contributed by atoms with Gasteiger partial charge in [-0.1, -0.05) is 55.7 Å². The van der Waals surface area contributed by atoms with Crippen molar-refractivity contribution in [2.45, 2.75) is 76.4 Å². The van der Waals surface area contributed by atoms with Gasteiger partial charge in [-0.15, -0.1) is 0 Å². The highest BCUT2D eigenvalue weighted by Crippen LogP contribution is 2.27. The Hall–Kier alpha value is -3.72. The van der Waals surface area contributed by atoms with Gasteiger partial charge in [0.05, 0.1) is 10.6 Å². The number of nitrogens with one attached hydrogen (secondary N) is 1. The number of benzene rings is 3. The summed E-state index contributed by atoms with van der Waals surface area (Å²) in [5, 5.41) is 3.08. The molecule has 218 valence electrons. The number of carbonyl (C=O) groups is 2. The SMILES string of the molecule is Cc1ccc(N(CC(=O)N(Cc2ccc(F)cc2)[C@H](C)C(=O)NC2CCCCC2)S(=O)(=O)c2ccccc2)cc1C. The third kappa shape index (κ3) is 7.52. The van der Waals surface area contributed by atoms with E-state index in [2.05, 4.69) is 5.32 Å². The highest BCUT2D eigenvalue weighted by atomic mass is 32.2. The molecular formula is C32H38FN3O4S. The average Bonchev–Trinajstić information content (AvgIpc) is 2.97. The highest BCUT2D eigenvalue weighted by Gasteiger charge is 2.33. The first kappa shape index (κ1) is 30.2. The van der Waals surface area contributed by atoms with Crippen molar-refractivity contribution in [3.05, 3.63) is 95.3 Å². The van der Waals surface area contributed by atoms with E-state index in [-0.39, 0.29) is 23.4 Å². The van der Waals surface area contributed by atoms with Gasteiger partial charge >= 0.3 is 0 Å². The number of anilines is 1. The summed E-state index contributed by atoms with van der Waals surface area (Å²) < 4.78 is 42.5. The van der Waals surface area contributed by atoms with E-state index in [0.717, 1.165) is 47.5 Å². The predicted molar refractivity (Wildman–Crippen MR) is 158 cm³/mol. The van der Waals surface area contributed by atoms with Crippen LogP contribution in [0.1, 0.15) is 55.7 Å². The highest BCUT2D eigenvalue weighted by molar-refractivity contribution is 7.92. The molecule has 0 aliphatic heterocycles. The lowest BCUT2D eigenvalue weighted by molar-refractivity contribution is -0.139. The molecule has 41 heavy (non-hydrogen) atoms. The van der Waals surface area contributed by atoms with Crippen LogP contribution in [0.15, 0.2) is 77.7 Å². The largest absolute Gasteiger partial charge is 0.352 e. The Bertz CT molecular complexity index is 1460. The van der Waals surface area contributed by atoms with Gasteiger partial charge in [-0.25, -0.2) is 12.8 Å². The molecule has 0 radical (unpaired) electrons. The van der Waals surface area contributed by atoms with Crippen molar-refractivity contribution >= 4 is 27.5 Å². The standard InChI is InChI=1S/C32H38FN3O4S/c1-23-14-19-29(20-24(23)2)36(41(39,40)30-12-8-5-9-13-30)22-31(37)35(21-26-15-17-27(33)18-16-26)25(3)32(38)34-28-10-6-4-7-11-28/h5,8-9,12-20,25,28H,4,6-7,10-11,21-22H2,1-3H3,(H,34,38)/t25-/m1/s1. The topological polar surface area (TPSA) is 86.8 Å². The molecule has 0 aromatic heterocycles. The zero-order chi connectivity index (χ0) is 29.6. The van der Waals surface area contributed by atoms with Crippen LogP contribution in [0.5, 0.6) is 0 Å². The van der Waals surface area contributed by atoms with Crippen molar-refractivity contribution in [1.29, 1.82) is 0 Å². The van der Waals surface area contributed by atoms with Gasteiger partial charge in [-0.2, -0.15) is 0 Å². The molecule has 7 nitrogen and oxygen atoms in total. The van der Waals surface area contributed by atoms with Gasteiger partial charge in [-0.05, 0) is 86.7 Å². The number of aryl methyl sites for hydroxylation is 2. The molecular weight excluding hydrogens is 541 g/mol. The van der Waals surface area contributed by atoms with Crippen molar-refractivity contribution in [2.24, 2.45) is 0 Å². The van der Waals surface area contributed by atoms with E-state index in [4.69, 9.17) is 0 Å². The number of sulfonamides is 1. The van der Waals surface area contributed by atoms with Gasteiger partial charge in [0.2, 0.25) is 11.8 Å². The molecule has 1 saturated carbocycles. The molecule has 3 aromatic carbocycles. The Morgan fingerprint density at radius 1 is 0.927 bits per heavy atom. The van der Waals surface area contributed by atoms with E-state index in [9.17, 15) is 22.4 Å². The van der Waals surface area contributed by atoms with E-state index in [1.165, 1.54) is 29.2 Å². The van der Waals surface area contributed by atoms with Crippen LogP contribution in [0.4, 0.5) is 10.1 Å². The lowest BCUT2D eigenvalue weighted by Crippen LogP contribution is -2.53. The van der Waals surface area contributed by atoms with Gasteiger partial charge in [0, 0.05) is 12.6 Å². The lowest BCUT2D eigenvalue weighted by atomic mass is 9.95. The minimum atomic E-state index is -4.12. The van der Waals surface area contributed by atoms with Crippen molar-refractivity contribution in [1.82, 2.24) is 10.2 Å². The molecule has 1 fully saturated rings. The zero-order valence-electron chi connectivity index (χ0n) is 23.8. The molecule has 1 aliphatic carbocycles. The first-order valence-electron chi connectivity index (χ1n) is 14.1. The molecule has 0 unspecified atom stereocenters. The number of carbonyl (C=O) groups excluding carboxylic acids is 2. The van der Waals surface area contributed by atoms with E-state index in [0.29, 0.717) is 11.3 Å². The zero-order valence-corrected chi connectivity index (χ0v) is 24.7. The fourth-order valence-electron chi connectivity index (χ4n) is 5.07. The summed E-state index contributed by atoms with van der Waals surface area (Å²) in [6.45, 7) is 4.96. The summed E-state index contributed by atoms with van der Waals surface area (Å²) in [5.41, 5.74) is 2.85. The van der Waals surface area contributed by atoms with Gasteiger partial charge in [-0.3, -0.25) is 13.9 Å². The van der Waals surface area contributed by atoms with E-state index >= 15 is 0 Å². The van der Waals surface area contributed by atoms with E-state index in [1.807, 2.05) is 19.9 Å². The number of rotatable bonds is 10. The number of halogens is 1. The minimum absolute atomic E-state index is 0.0184. The monoisotopic (exact) mass is 579 g/mol. The Morgan fingerprint density at radius 3 is 2.22 bits per heavy atom. The van der Waals surface area contributed by atoms with Crippen LogP contribution in [0.3, 0.4) is 0 Å². The predicted octanol–water partition coefficient (Wildman–Crippen LogP) is 5.50. The molecule has 1 aliphatic rings. The van der Waals surface area contributed by atoms with Gasteiger partial charge in [0.1, 0.15) is 18.4 Å². The molecule has 0 heterocycles. The molecule has 1 atom stereocenters. The summed E-state index contributed by atoms with van der Waals surface area (Å²) in [6, 6.07) is 18.1. The molecule has 0 saturated heterocycles. The molecule has 4 rings (SSSR count). The first-order chi connectivity index (χ1) is 19.6. The van der Waals surface area contributed by atoms with Crippen LogP contribution in [0.25, 0.3) is 0 Å². The number of nitrogens with zero attached hydrogens (tertiary/aromatic N) is 2. The maximum Gasteiger partial charge on any atom is 0.264 e. The normalized spacial score (nSPS) is 14.7. The second-order valence-corrected chi connectivity index (χ2v) is 12.6. The third-order valence-corrected chi connectivity index (χ3v) is 9.56. The molecule has 9 heteroatoms. The fraction of sp³-hybridized carbons (Fsp3) is 0.375. The summed E-state index contributed by atoms with van der Waals surface area (Å²) >= 11 is 0. The van der Waals surface area contributed by atoms with Gasteiger partial charge in [0.25, 0.3) is 10.0 Å². The molecule has 1 N–H and O–H groups in total. The second kappa shape index (κ2) is 13.3. The molecule has 2 amide bonds. The number of hydrogen-bond donors (Lipinski definition) is 1. The van der Waals surface area contributed by atoms with Crippen LogP contribution in [-0.4, -0.2) is 43.8 Å². The quantitative estimate of drug-likeness (QED) is 0.344. The third-order valence-electron chi connectivity index (χ3n) is 7.77. The van der Waals surface area contributed by atoms with Crippen molar-refractivity contribution < 1.29 is 22.4 Å². The van der Waals surface area contributed by atoms with Gasteiger partial charge < -0.3 is 10.2 Å². The Balaban J connectivity index is 1.68. The van der Waals surface area contributed by atoms with E-state index in [1.54, 1.807) is 49.4 Å². The first-order valence-corrected chi connectivity index (χ1v) is 15.5. The van der Waals surface area contributed by atoms with Crippen LogP contribution < -0.4 is 9.62 Å². The summed E-state index contributed by atoms with van der Waals surface area (Å²) in [4.78, 5) is 28.8. The number of amides is 2. The maximum absolute atomic E-state index is 14.0. The van der Waals surface area contributed by atoms with Crippen molar-refractivity contribution in [3.8, 4) is 0 Å². The summed E-state index contributed by atoms with van der Waals surface area (Å²) in [7, 11) is -4.12. The number of hydrogen-bond acceptors (Lipinski definition) is 4. The molecule has 3 aromatic rings. The van der Waals surface area contributed by atoms with Crippen molar-refractivity contribution in [2.75, 3.05) is 10.8 Å². The Morgan fingerprint density at radius 2 is 1.59 bits per heavy atom. The Kier molecular flexibility index (Phi) is 9.81. The average molecular weight is 580 g/mol. The maximum atomic E-state index is 14.0. The Labute approximate surface area is 242 Å². The van der Waals surface area contributed by atoms with Crippen LogP contribution in [0.2, 0.25) is 0 Å². The van der Waals surface area contributed by atoms with Crippen LogP contribution in [-0.2, 0) is 26.2 Å². The second-order valence-electron chi connectivity index (χ2n) is 10.8. The van der Waals surface area contributed by atoms with Crippen molar-refractivity contribution in [3.63, 3.8) is 0 Å². The minimum Gasteiger partial charge on any atom is -0.352 e.